The van der Waals surface area contributed by atoms with Crippen molar-refractivity contribution in [3.05, 3.63) is 58.1 Å². The Bertz CT molecular complexity index is 650. The van der Waals surface area contributed by atoms with Crippen molar-refractivity contribution in [3.8, 4) is 0 Å². The Morgan fingerprint density at radius 1 is 1.10 bits per heavy atom. The van der Waals surface area contributed by atoms with E-state index in [1.807, 2.05) is 23.1 Å². The molecule has 2 N–H and O–H groups in total. The Morgan fingerprint density at radius 2 is 1.80 bits per heavy atom. The topological polar surface area (TPSA) is 39.1 Å². The first-order valence-corrected chi connectivity index (χ1v) is 7.06. The summed E-state index contributed by atoms with van der Waals surface area (Å²) in [5.41, 5.74) is 3.07. The van der Waals surface area contributed by atoms with Crippen LogP contribution in [-0.4, -0.2) is 12.5 Å². The maximum absolute atomic E-state index is 8.22. The van der Waals surface area contributed by atoms with E-state index in [-0.39, 0.29) is 0 Å². The number of rotatable bonds is 1. The van der Waals surface area contributed by atoms with Gasteiger partial charge in [-0.15, -0.1) is 0 Å². The summed E-state index contributed by atoms with van der Waals surface area (Å²) < 4.78 is 0. The largest absolute Gasteiger partial charge is 0.326 e. The van der Waals surface area contributed by atoms with Crippen molar-refractivity contribution >= 4 is 40.5 Å². The van der Waals surface area contributed by atoms with Gasteiger partial charge in [0.1, 0.15) is 0 Å². The number of guanidine groups is 1. The summed E-state index contributed by atoms with van der Waals surface area (Å²) in [6.45, 7) is 0.805. The molecule has 0 spiro atoms. The summed E-state index contributed by atoms with van der Waals surface area (Å²) in [6.07, 6.45) is 0.955. The van der Waals surface area contributed by atoms with Crippen LogP contribution in [0.15, 0.2) is 42.5 Å². The van der Waals surface area contributed by atoms with Gasteiger partial charge >= 0.3 is 0 Å². The van der Waals surface area contributed by atoms with Crippen LogP contribution in [-0.2, 0) is 6.42 Å². The van der Waals surface area contributed by atoms with E-state index >= 15 is 0 Å². The number of halogens is 2. The van der Waals surface area contributed by atoms with Gasteiger partial charge in [-0.05, 0) is 36.2 Å². The summed E-state index contributed by atoms with van der Waals surface area (Å²) in [4.78, 5) is 1.95. The van der Waals surface area contributed by atoms with Crippen LogP contribution >= 0.6 is 23.2 Å². The third-order valence-corrected chi connectivity index (χ3v) is 3.72. The second-order valence-electron chi connectivity index (χ2n) is 4.66. The van der Waals surface area contributed by atoms with Crippen LogP contribution in [0.3, 0.4) is 0 Å². The molecule has 1 aliphatic heterocycles. The van der Waals surface area contributed by atoms with Gasteiger partial charge in [0, 0.05) is 28.0 Å². The Labute approximate surface area is 127 Å². The summed E-state index contributed by atoms with van der Waals surface area (Å²) in [5, 5.41) is 12.4. The predicted octanol–water partition coefficient (Wildman–Crippen LogP) is 4.40. The third kappa shape index (κ3) is 2.60. The highest BCUT2D eigenvalue weighted by Gasteiger charge is 2.21. The zero-order valence-corrected chi connectivity index (χ0v) is 12.2. The molecule has 0 radical (unpaired) electrons. The molecule has 0 atom stereocenters. The molecule has 0 saturated carbocycles. The smallest absolute Gasteiger partial charge is 0.200 e. The number of nitrogens with zero attached hydrogens (tertiary/aromatic N) is 1. The molecule has 0 bridgehead atoms. The fourth-order valence-electron chi connectivity index (χ4n) is 2.40. The van der Waals surface area contributed by atoms with Gasteiger partial charge in [-0.2, -0.15) is 0 Å². The van der Waals surface area contributed by atoms with E-state index in [0.717, 1.165) is 24.3 Å². The molecule has 5 heteroatoms. The van der Waals surface area contributed by atoms with Crippen LogP contribution in [0.2, 0.25) is 10.0 Å². The molecule has 0 amide bonds. The number of hydrogen-bond donors (Lipinski definition) is 2. The lowest BCUT2D eigenvalue weighted by molar-refractivity contribution is 1.01. The van der Waals surface area contributed by atoms with Gasteiger partial charge in [0.15, 0.2) is 5.96 Å². The second-order valence-corrected chi connectivity index (χ2v) is 5.53. The summed E-state index contributed by atoms with van der Waals surface area (Å²) in [6, 6.07) is 13.3. The average molecular weight is 306 g/mol. The normalized spacial score (nSPS) is 13.2. The maximum Gasteiger partial charge on any atom is 0.200 e. The quantitative estimate of drug-likeness (QED) is 0.605. The van der Waals surface area contributed by atoms with Crippen molar-refractivity contribution in [3.63, 3.8) is 0 Å². The average Bonchev–Trinajstić information content (AvgIpc) is 2.81. The SMILES string of the molecule is N=C(Nc1cc(Cl)cc(Cl)c1)N1CCc2ccccc21. The van der Waals surface area contributed by atoms with E-state index < -0.39 is 0 Å². The Balaban J connectivity index is 1.81. The number of para-hydroxylation sites is 1. The summed E-state index contributed by atoms with van der Waals surface area (Å²) in [7, 11) is 0. The van der Waals surface area contributed by atoms with E-state index in [1.165, 1.54) is 5.56 Å². The molecule has 3 rings (SSSR count). The van der Waals surface area contributed by atoms with E-state index in [0.29, 0.717) is 16.0 Å². The molecule has 0 fully saturated rings. The molecule has 20 heavy (non-hydrogen) atoms. The van der Waals surface area contributed by atoms with E-state index in [1.54, 1.807) is 18.2 Å². The highest BCUT2D eigenvalue weighted by Crippen LogP contribution is 2.28. The van der Waals surface area contributed by atoms with Crippen LogP contribution in [0.4, 0.5) is 11.4 Å². The number of benzene rings is 2. The van der Waals surface area contributed by atoms with Crippen molar-refractivity contribution in [2.75, 3.05) is 16.8 Å². The molecule has 1 aliphatic rings. The van der Waals surface area contributed by atoms with Gasteiger partial charge in [-0.3, -0.25) is 5.41 Å². The van der Waals surface area contributed by atoms with Crippen LogP contribution in [0.25, 0.3) is 0 Å². The highest BCUT2D eigenvalue weighted by molar-refractivity contribution is 6.35. The van der Waals surface area contributed by atoms with E-state index in [4.69, 9.17) is 28.6 Å². The van der Waals surface area contributed by atoms with Gasteiger partial charge < -0.3 is 10.2 Å². The van der Waals surface area contributed by atoms with Crippen molar-refractivity contribution in [2.24, 2.45) is 0 Å². The number of hydrogen-bond acceptors (Lipinski definition) is 1. The van der Waals surface area contributed by atoms with Gasteiger partial charge in [-0.1, -0.05) is 41.4 Å². The number of anilines is 2. The first-order chi connectivity index (χ1) is 9.63. The Kier molecular flexibility index (Phi) is 3.55. The lowest BCUT2D eigenvalue weighted by Gasteiger charge is -2.21. The minimum atomic E-state index is 0.327. The van der Waals surface area contributed by atoms with Gasteiger partial charge in [-0.25, -0.2) is 0 Å². The Hall–Kier alpha value is -1.71. The molecule has 1 heterocycles. The van der Waals surface area contributed by atoms with Crippen LogP contribution < -0.4 is 10.2 Å². The lowest BCUT2D eigenvalue weighted by atomic mass is 10.2. The first kappa shape index (κ1) is 13.3. The van der Waals surface area contributed by atoms with Gasteiger partial charge in [0.05, 0.1) is 0 Å². The number of nitrogens with one attached hydrogen (secondary N) is 2. The molecule has 0 saturated heterocycles. The highest BCUT2D eigenvalue weighted by atomic mass is 35.5. The van der Waals surface area contributed by atoms with Crippen molar-refractivity contribution in [2.45, 2.75) is 6.42 Å². The van der Waals surface area contributed by atoms with Crippen LogP contribution in [0, 0.1) is 5.41 Å². The molecular weight excluding hydrogens is 293 g/mol. The lowest BCUT2D eigenvalue weighted by Crippen LogP contribution is -2.34. The fraction of sp³-hybridized carbons (Fsp3) is 0.133. The molecule has 2 aromatic carbocycles. The molecule has 0 aromatic heterocycles. The molecule has 2 aromatic rings. The monoisotopic (exact) mass is 305 g/mol. The maximum atomic E-state index is 8.22. The van der Waals surface area contributed by atoms with Crippen LogP contribution in [0.5, 0.6) is 0 Å². The van der Waals surface area contributed by atoms with Crippen molar-refractivity contribution in [1.29, 1.82) is 5.41 Å². The Morgan fingerprint density at radius 3 is 2.55 bits per heavy atom. The second kappa shape index (κ2) is 5.35. The minimum Gasteiger partial charge on any atom is -0.326 e. The molecule has 0 aliphatic carbocycles. The molecule has 3 nitrogen and oxygen atoms in total. The predicted molar refractivity (Wildman–Crippen MR) is 85.3 cm³/mol. The zero-order chi connectivity index (χ0) is 14.1. The third-order valence-electron chi connectivity index (χ3n) is 3.28. The van der Waals surface area contributed by atoms with Crippen molar-refractivity contribution in [1.82, 2.24) is 0 Å². The fourth-order valence-corrected chi connectivity index (χ4v) is 2.93. The molecular formula is C15H13Cl2N3. The molecule has 0 unspecified atom stereocenters. The van der Waals surface area contributed by atoms with Gasteiger partial charge in [0.2, 0.25) is 0 Å². The van der Waals surface area contributed by atoms with Crippen molar-refractivity contribution < 1.29 is 0 Å². The van der Waals surface area contributed by atoms with Gasteiger partial charge in [0.25, 0.3) is 0 Å². The standard InChI is InChI=1S/C15H13Cl2N3/c16-11-7-12(17)9-13(8-11)19-15(18)20-6-5-10-3-1-2-4-14(10)20/h1-4,7-9H,5-6H2,(H2,18,19). The zero-order valence-electron chi connectivity index (χ0n) is 10.7. The van der Waals surface area contributed by atoms with E-state index in [2.05, 4.69) is 11.4 Å². The first-order valence-electron chi connectivity index (χ1n) is 6.30. The van der Waals surface area contributed by atoms with Crippen LogP contribution in [0.1, 0.15) is 5.56 Å². The molecule has 102 valence electrons. The minimum absolute atomic E-state index is 0.327. The van der Waals surface area contributed by atoms with E-state index in [9.17, 15) is 0 Å². The summed E-state index contributed by atoms with van der Waals surface area (Å²) >= 11 is 11.9. The number of fused-ring (bicyclic) bond motifs is 1. The summed E-state index contributed by atoms with van der Waals surface area (Å²) in [5.74, 6) is 0.327.